The molecule has 7 heteroatoms. The summed E-state index contributed by atoms with van der Waals surface area (Å²) in [4.78, 5) is 12.7. The van der Waals surface area contributed by atoms with Crippen molar-refractivity contribution in [2.24, 2.45) is 0 Å². The van der Waals surface area contributed by atoms with Crippen LogP contribution in [-0.2, 0) is 14.8 Å². The standard InChI is InChI=1S/C22H30N2O4S/c1-7-28-21-11-9-8-10-20(21)24(29(6,26)27)14-22(25)23-18(5)19-13-16(3)15(2)12-17(19)4/h8-13,18H,7,14H2,1-6H3,(H,23,25)/t18-/m0/s1. The lowest BCUT2D eigenvalue weighted by atomic mass is 9.96. The lowest BCUT2D eigenvalue weighted by molar-refractivity contribution is -0.120. The molecule has 0 unspecified atom stereocenters. The van der Waals surface area contributed by atoms with Crippen molar-refractivity contribution in [3.63, 3.8) is 0 Å². The van der Waals surface area contributed by atoms with Gasteiger partial charge in [0.1, 0.15) is 12.3 Å². The Kier molecular flexibility index (Phi) is 7.30. The van der Waals surface area contributed by atoms with E-state index in [1.54, 1.807) is 24.3 Å². The van der Waals surface area contributed by atoms with Crippen molar-refractivity contribution in [1.82, 2.24) is 5.32 Å². The molecule has 0 aliphatic carbocycles. The van der Waals surface area contributed by atoms with E-state index in [-0.39, 0.29) is 18.5 Å². The van der Waals surface area contributed by atoms with Crippen LogP contribution in [0.15, 0.2) is 36.4 Å². The number of para-hydroxylation sites is 2. The SMILES string of the molecule is CCOc1ccccc1N(CC(=O)N[C@@H](C)c1cc(C)c(C)cc1C)S(C)(=O)=O. The van der Waals surface area contributed by atoms with Crippen molar-refractivity contribution < 1.29 is 17.9 Å². The summed E-state index contributed by atoms with van der Waals surface area (Å²) < 4.78 is 31.4. The monoisotopic (exact) mass is 418 g/mol. The molecule has 29 heavy (non-hydrogen) atoms. The highest BCUT2D eigenvalue weighted by molar-refractivity contribution is 7.92. The molecule has 0 bridgehead atoms. The highest BCUT2D eigenvalue weighted by Crippen LogP contribution is 2.30. The number of rotatable bonds is 8. The molecule has 1 N–H and O–H groups in total. The van der Waals surface area contributed by atoms with Crippen molar-refractivity contribution in [2.75, 3.05) is 23.7 Å². The van der Waals surface area contributed by atoms with E-state index < -0.39 is 10.0 Å². The Hall–Kier alpha value is -2.54. The Morgan fingerprint density at radius 2 is 1.72 bits per heavy atom. The molecular formula is C22H30N2O4S. The summed E-state index contributed by atoms with van der Waals surface area (Å²) >= 11 is 0. The topological polar surface area (TPSA) is 75.7 Å². The summed E-state index contributed by atoms with van der Waals surface area (Å²) in [6, 6.07) is 10.7. The fourth-order valence-corrected chi connectivity index (χ4v) is 4.13. The fourth-order valence-electron chi connectivity index (χ4n) is 3.27. The second-order valence-electron chi connectivity index (χ2n) is 7.25. The molecule has 158 valence electrons. The van der Waals surface area contributed by atoms with Gasteiger partial charge in [-0.1, -0.05) is 24.3 Å². The van der Waals surface area contributed by atoms with E-state index in [2.05, 4.69) is 24.4 Å². The third-order valence-electron chi connectivity index (χ3n) is 4.85. The number of benzene rings is 2. The predicted molar refractivity (Wildman–Crippen MR) is 117 cm³/mol. The number of anilines is 1. The number of sulfonamides is 1. The van der Waals surface area contributed by atoms with Crippen molar-refractivity contribution in [3.8, 4) is 5.75 Å². The molecule has 0 heterocycles. The number of ether oxygens (including phenoxy) is 1. The van der Waals surface area contributed by atoms with Crippen molar-refractivity contribution in [3.05, 3.63) is 58.7 Å². The van der Waals surface area contributed by atoms with Gasteiger partial charge in [-0.3, -0.25) is 9.10 Å². The van der Waals surface area contributed by atoms with Gasteiger partial charge >= 0.3 is 0 Å². The molecule has 0 radical (unpaired) electrons. The smallest absolute Gasteiger partial charge is 0.241 e. The third-order valence-corrected chi connectivity index (χ3v) is 5.97. The highest BCUT2D eigenvalue weighted by Gasteiger charge is 2.25. The summed E-state index contributed by atoms with van der Waals surface area (Å²) in [6.07, 6.45) is 1.08. The average molecular weight is 419 g/mol. The van der Waals surface area contributed by atoms with Gasteiger partial charge in [0.15, 0.2) is 0 Å². The van der Waals surface area contributed by atoms with Crippen LogP contribution in [0.4, 0.5) is 5.69 Å². The quantitative estimate of drug-likeness (QED) is 0.710. The molecule has 0 fully saturated rings. The Morgan fingerprint density at radius 3 is 2.34 bits per heavy atom. The second kappa shape index (κ2) is 9.31. The van der Waals surface area contributed by atoms with E-state index in [0.29, 0.717) is 18.0 Å². The minimum atomic E-state index is -3.68. The fraction of sp³-hybridized carbons (Fsp3) is 0.409. The zero-order valence-corrected chi connectivity index (χ0v) is 18.8. The minimum Gasteiger partial charge on any atom is -0.492 e. The van der Waals surface area contributed by atoms with Gasteiger partial charge in [0.05, 0.1) is 24.6 Å². The first-order valence-electron chi connectivity index (χ1n) is 9.61. The molecule has 1 amide bonds. The maximum atomic E-state index is 12.7. The van der Waals surface area contributed by atoms with Gasteiger partial charge in [0.2, 0.25) is 15.9 Å². The lowest BCUT2D eigenvalue weighted by Crippen LogP contribution is -2.41. The van der Waals surface area contributed by atoms with E-state index >= 15 is 0 Å². The molecule has 1 atom stereocenters. The first kappa shape index (κ1) is 22.7. The van der Waals surface area contributed by atoms with Crippen LogP contribution in [0, 0.1) is 20.8 Å². The van der Waals surface area contributed by atoms with Crippen LogP contribution in [0.5, 0.6) is 5.75 Å². The van der Waals surface area contributed by atoms with E-state index in [4.69, 9.17) is 4.74 Å². The maximum absolute atomic E-state index is 12.7. The predicted octanol–water partition coefficient (Wildman–Crippen LogP) is 3.65. The summed E-state index contributed by atoms with van der Waals surface area (Å²) in [5.74, 6) is 0.0399. The molecule has 2 aromatic carbocycles. The molecule has 0 aliphatic rings. The number of hydrogen-bond donors (Lipinski definition) is 1. The number of aryl methyl sites for hydroxylation is 3. The highest BCUT2D eigenvalue weighted by atomic mass is 32.2. The molecule has 2 rings (SSSR count). The van der Waals surface area contributed by atoms with Gasteiger partial charge in [-0.2, -0.15) is 0 Å². The molecule has 2 aromatic rings. The third kappa shape index (κ3) is 5.73. The van der Waals surface area contributed by atoms with Crippen molar-refractivity contribution in [1.29, 1.82) is 0 Å². The molecule has 0 aromatic heterocycles. The Balaban J connectivity index is 2.25. The van der Waals surface area contributed by atoms with Gasteiger partial charge < -0.3 is 10.1 Å². The molecular weight excluding hydrogens is 388 g/mol. The molecule has 0 spiro atoms. The van der Waals surface area contributed by atoms with Gasteiger partial charge in [-0.25, -0.2) is 8.42 Å². The lowest BCUT2D eigenvalue weighted by Gasteiger charge is -2.25. The Morgan fingerprint density at radius 1 is 1.10 bits per heavy atom. The van der Waals surface area contributed by atoms with Gasteiger partial charge in [0.25, 0.3) is 0 Å². The summed E-state index contributed by atoms with van der Waals surface area (Å²) in [6.45, 7) is 9.88. The Bertz CT molecular complexity index is 986. The number of carbonyl (C=O) groups excluding carboxylic acids is 1. The minimum absolute atomic E-state index is 0.245. The van der Waals surface area contributed by atoms with Crippen LogP contribution >= 0.6 is 0 Å². The first-order chi connectivity index (χ1) is 13.5. The molecule has 0 saturated carbocycles. The molecule has 0 saturated heterocycles. The first-order valence-corrected chi connectivity index (χ1v) is 11.5. The molecule has 0 aliphatic heterocycles. The zero-order chi connectivity index (χ0) is 21.8. The van der Waals surface area contributed by atoms with Crippen LogP contribution < -0.4 is 14.4 Å². The van der Waals surface area contributed by atoms with Gasteiger partial charge in [0, 0.05) is 0 Å². The van der Waals surface area contributed by atoms with E-state index in [1.807, 2.05) is 27.7 Å². The van der Waals surface area contributed by atoms with Crippen LogP contribution in [0.25, 0.3) is 0 Å². The van der Waals surface area contributed by atoms with Gasteiger partial charge in [-0.15, -0.1) is 0 Å². The zero-order valence-electron chi connectivity index (χ0n) is 17.9. The summed E-state index contributed by atoms with van der Waals surface area (Å²) in [5, 5.41) is 2.92. The van der Waals surface area contributed by atoms with Crippen molar-refractivity contribution in [2.45, 2.75) is 40.7 Å². The summed E-state index contributed by atoms with van der Waals surface area (Å²) in [7, 11) is -3.68. The number of amides is 1. The van der Waals surface area contributed by atoms with Crippen LogP contribution in [0.3, 0.4) is 0 Å². The Labute approximate surface area is 173 Å². The average Bonchev–Trinajstić information content (AvgIpc) is 2.62. The summed E-state index contributed by atoms with van der Waals surface area (Å²) in [5.41, 5.74) is 4.79. The largest absolute Gasteiger partial charge is 0.492 e. The van der Waals surface area contributed by atoms with Gasteiger partial charge in [-0.05, 0) is 69.0 Å². The normalized spacial score (nSPS) is 12.3. The van der Waals surface area contributed by atoms with Crippen LogP contribution in [0.2, 0.25) is 0 Å². The van der Waals surface area contributed by atoms with Crippen molar-refractivity contribution >= 4 is 21.6 Å². The maximum Gasteiger partial charge on any atom is 0.241 e. The van der Waals surface area contributed by atoms with E-state index in [1.165, 1.54) is 5.56 Å². The number of carbonyl (C=O) groups is 1. The second-order valence-corrected chi connectivity index (χ2v) is 9.16. The number of nitrogens with one attached hydrogen (secondary N) is 1. The number of hydrogen-bond acceptors (Lipinski definition) is 4. The van der Waals surface area contributed by atoms with Crippen LogP contribution in [-0.4, -0.2) is 33.7 Å². The number of nitrogens with zero attached hydrogens (tertiary/aromatic N) is 1. The van der Waals surface area contributed by atoms with E-state index in [0.717, 1.165) is 27.3 Å². The van der Waals surface area contributed by atoms with E-state index in [9.17, 15) is 13.2 Å². The molecule has 6 nitrogen and oxygen atoms in total. The van der Waals surface area contributed by atoms with Crippen LogP contribution in [0.1, 0.15) is 42.1 Å².